The highest BCUT2D eigenvalue weighted by atomic mass is 16.2. The number of aromatic nitrogens is 2. The van der Waals surface area contributed by atoms with Crippen molar-refractivity contribution in [2.45, 2.75) is 13.0 Å². The number of hydrogen-bond acceptors (Lipinski definition) is 5. The number of nitrogens with zero attached hydrogens (tertiary/aromatic N) is 3. The molecule has 2 aromatic carbocycles. The van der Waals surface area contributed by atoms with E-state index in [0.29, 0.717) is 17.8 Å². The number of imide groups is 2. The van der Waals surface area contributed by atoms with Gasteiger partial charge in [0.1, 0.15) is 5.57 Å². The lowest BCUT2D eigenvalue weighted by atomic mass is 10.0. The highest BCUT2D eigenvalue weighted by molar-refractivity contribution is 6.31. The van der Waals surface area contributed by atoms with Crippen molar-refractivity contribution in [1.82, 2.24) is 20.4 Å². The first kappa shape index (κ1) is 19.8. The van der Waals surface area contributed by atoms with E-state index in [-0.39, 0.29) is 12.0 Å². The van der Waals surface area contributed by atoms with Gasteiger partial charge in [-0.05, 0) is 17.2 Å². The molecule has 1 aromatic heterocycles. The Hall–Kier alpha value is -4.51. The average molecular weight is 411 g/mol. The number of hydrogen-bond donors (Lipinski definition) is 2. The van der Waals surface area contributed by atoms with E-state index in [4.69, 9.17) is 5.26 Å². The fraction of sp³-hybridized carbons (Fsp3) is 0.0870. The van der Waals surface area contributed by atoms with Gasteiger partial charge in [-0.25, -0.2) is 4.79 Å². The van der Waals surface area contributed by atoms with Crippen LogP contribution in [0.1, 0.15) is 12.0 Å². The summed E-state index contributed by atoms with van der Waals surface area (Å²) in [5.41, 5.74) is 3.80. The molecule has 0 bridgehead atoms. The second kappa shape index (κ2) is 8.47. The van der Waals surface area contributed by atoms with Crippen LogP contribution < -0.4 is 10.6 Å². The van der Waals surface area contributed by atoms with E-state index in [1.54, 1.807) is 10.9 Å². The fourth-order valence-electron chi connectivity index (χ4n) is 3.26. The van der Waals surface area contributed by atoms with Crippen molar-refractivity contribution < 1.29 is 14.4 Å². The summed E-state index contributed by atoms with van der Waals surface area (Å²) in [6.45, 7) is 0.367. The molecule has 0 saturated carbocycles. The van der Waals surface area contributed by atoms with Crippen molar-refractivity contribution in [3.8, 4) is 28.5 Å². The van der Waals surface area contributed by atoms with E-state index in [9.17, 15) is 14.4 Å². The van der Waals surface area contributed by atoms with E-state index in [1.165, 1.54) is 6.08 Å². The molecule has 4 rings (SSSR count). The van der Waals surface area contributed by atoms with Crippen LogP contribution in [-0.4, -0.2) is 27.6 Å². The summed E-state index contributed by atoms with van der Waals surface area (Å²) in [7, 11) is 0. The number of carbonyl (C=O) groups excluding carboxylic acids is 3. The van der Waals surface area contributed by atoms with Gasteiger partial charge in [0, 0.05) is 17.3 Å². The zero-order chi connectivity index (χ0) is 21.8. The van der Waals surface area contributed by atoms with Gasteiger partial charge in [0.25, 0.3) is 11.8 Å². The molecule has 0 atom stereocenters. The van der Waals surface area contributed by atoms with Crippen molar-refractivity contribution >= 4 is 23.9 Å². The van der Waals surface area contributed by atoms with Gasteiger partial charge < -0.3 is 0 Å². The molecule has 0 unspecified atom stereocenters. The lowest BCUT2D eigenvalue weighted by Gasteiger charge is -2.13. The second-order valence-electron chi connectivity index (χ2n) is 6.84. The van der Waals surface area contributed by atoms with Crippen LogP contribution in [0.2, 0.25) is 0 Å². The van der Waals surface area contributed by atoms with E-state index >= 15 is 0 Å². The minimum atomic E-state index is -0.853. The minimum Gasteiger partial charge on any atom is -0.273 e. The molecule has 2 N–H and O–H groups in total. The van der Waals surface area contributed by atoms with Crippen LogP contribution in [0.15, 0.2) is 66.4 Å². The molecule has 3 aromatic rings. The zero-order valence-electron chi connectivity index (χ0n) is 16.3. The average Bonchev–Trinajstić information content (AvgIpc) is 3.18. The molecule has 31 heavy (non-hydrogen) atoms. The third kappa shape index (κ3) is 4.26. The second-order valence-corrected chi connectivity index (χ2v) is 6.84. The molecule has 1 saturated heterocycles. The van der Waals surface area contributed by atoms with Gasteiger partial charge in [0.15, 0.2) is 0 Å². The van der Waals surface area contributed by atoms with Gasteiger partial charge >= 0.3 is 6.03 Å². The normalized spacial score (nSPS) is 13.4. The standard InChI is InChI=1S/C23H17N5O3/c24-11-4-12-28-14-18(13-19-21(29)25-23(31)26-22(19)30)20(27-28)17-9-7-16(8-10-17)15-5-2-1-3-6-15/h1-3,5-10,13-14H,4,12H2,(H2,25,26,29,30,31). The van der Waals surface area contributed by atoms with Gasteiger partial charge in [0.2, 0.25) is 0 Å². The maximum absolute atomic E-state index is 12.1. The highest BCUT2D eigenvalue weighted by Crippen LogP contribution is 2.28. The topological polar surface area (TPSA) is 117 Å². The Bertz CT molecular complexity index is 1210. The quantitative estimate of drug-likeness (QED) is 0.495. The highest BCUT2D eigenvalue weighted by Gasteiger charge is 2.28. The summed E-state index contributed by atoms with van der Waals surface area (Å²) in [5.74, 6) is -1.55. The maximum atomic E-state index is 12.1. The van der Waals surface area contributed by atoms with Crippen molar-refractivity contribution in [3.63, 3.8) is 0 Å². The molecule has 1 aliphatic heterocycles. The molecule has 4 amide bonds. The van der Waals surface area contributed by atoms with Crippen LogP contribution in [0.25, 0.3) is 28.5 Å². The number of nitrogens with one attached hydrogen (secondary N) is 2. The van der Waals surface area contributed by atoms with Crippen molar-refractivity contribution in [1.29, 1.82) is 5.26 Å². The summed E-state index contributed by atoms with van der Waals surface area (Å²) >= 11 is 0. The van der Waals surface area contributed by atoms with Gasteiger partial charge in [-0.2, -0.15) is 10.4 Å². The Morgan fingerprint density at radius 2 is 1.52 bits per heavy atom. The number of aryl methyl sites for hydroxylation is 1. The smallest absolute Gasteiger partial charge is 0.273 e. The maximum Gasteiger partial charge on any atom is 0.328 e. The van der Waals surface area contributed by atoms with Crippen LogP contribution in [0, 0.1) is 11.3 Å². The van der Waals surface area contributed by atoms with Crippen LogP contribution in [0.3, 0.4) is 0 Å². The number of urea groups is 1. The van der Waals surface area contributed by atoms with Crippen LogP contribution in [-0.2, 0) is 16.1 Å². The number of benzene rings is 2. The van der Waals surface area contributed by atoms with E-state index < -0.39 is 17.8 Å². The van der Waals surface area contributed by atoms with Crippen LogP contribution in [0.5, 0.6) is 0 Å². The molecule has 152 valence electrons. The molecule has 0 aliphatic carbocycles. The van der Waals surface area contributed by atoms with Crippen LogP contribution in [0.4, 0.5) is 4.79 Å². The summed E-state index contributed by atoms with van der Waals surface area (Å²) in [5, 5.41) is 17.5. The predicted octanol–water partition coefficient (Wildman–Crippen LogP) is 2.88. The molecule has 1 aliphatic rings. The first-order valence-electron chi connectivity index (χ1n) is 9.54. The monoisotopic (exact) mass is 411 g/mol. The Labute approximate surface area is 177 Å². The molecule has 8 heteroatoms. The predicted molar refractivity (Wildman–Crippen MR) is 113 cm³/mol. The third-order valence-corrected chi connectivity index (χ3v) is 4.75. The van der Waals surface area contributed by atoms with Gasteiger partial charge in [0.05, 0.1) is 24.7 Å². The summed E-state index contributed by atoms with van der Waals surface area (Å²) < 4.78 is 1.60. The Morgan fingerprint density at radius 1 is 0.903 bits per heavy atom. The van der Waals surface area contributed by atoms with Crippen molar-refractivity contribution in [2.24, 2.45) is 0 Å². The first-order valence-corrected chi connectivity index (χ1v) is 9.54. The zero-order valence-corrected chi connectivity index (χ0v) is 16.3. The number of nitriles is 1. The van der Waals surface area contributed by atoms with Gasteiger partial charge in [-0.3, -0.25) is 24.9 Å². The SMILES string of the molecule is N#CCCn1cc(C=C2C(=O)NC(=O)NC2=O)c(-c2ccc(-c3ccccc3)cc2)n1. The van der Waals surface area contributed by atoms with E-state index in [2.05, 4.69) is 21.8 Å². The van der Waals surface area contributed by atoms with Gasteiger partial charge in [-0.1, -0.05) is 54.6 Å². The molecule has 1 fully saturated rings. The molecule has 0 spiro atoms. The number of carbonyl (C=O) groups is 3. The number of barbiturate groups is 1. The van der Waals surface area contributed by atoms with Crippen LogP contribution >= 0.6 is 0 Å². The molecule has 2 heterocycles. The van der Waals surface area contributed by atoms with E-state index in [0.717, 1.165) is 16.7 Å². The van der Waals surface area contributed by atoms with E-state index in [1.807, 2.05) is 54.6 Å². The fourth-order valence-corrected chi connectivity index (χ4v) is 3.26. The van der Waals surface area contributed by atoms with Crippen molar-refractivity contribution in [2.75, 3.05) is 0 Å². The van der Waals surface area contributed by atoms with Crippen molar-refractivity contribution in [3.05, 3.63) is 71.9 Å². The Morgan fingerprint density at radius 3 is 2.16 bits per heavy atom. The van der Waals surface area contributed by atoms with Gasteiger partial charge in [-0.15, -0.1) is 0 Å². The first-order chi connectivity index (χ1) is 15.0. The molecule has 8 nitrogen and oxygen atoms in total. The molecule has 0 radical (unpaired) electrons. The molecular weight excluding hydrogens is 394 g/mol. The summed E-state index contributed by atoms with van der Waals surface area (Å²) in [4.78, 5) is 35.5. The molecular formula is C23H17N5O3. The lowest BCUT2D eigenvalue weighted by molar-refractivity contribution is -0.123. The minimum absolute atomic E-state index is 0.193. The third-order valence-electron chi connectivity index (χ3n) is 4.75. The summed E-state index contributed by atoms with van der Waals surface area (Å²) in [6.07, 6.45) is 3.33. The summed E-state index contributed by atoms with van der Waals surface area (Å²) in [6, 6.07) is 18.9. The lowest BCUT2D eigenvalue weighted by Crippen LogP contribution is -2.51. The Balaban J connectivity index is 1.73. The number of amides is 4. The largest absolute Gasteiger partial charge is 0.328 e. The Kier molecular flexibility index (Phi) is 5.41. The number of rotatable bonds is 5.